The number of hydrogen-bond donors (Lipinski definition) is 1. The van der Waals surface area contributed by atoms with Crippen LogP contribution in [0.5, 0.6) is 0 Å². The minimum Gasteiger partial charge on any atom is -0.371 e. The zero-order valence-electron chi connectivity index (χ0n) is 11.2. The molecule has 0 bridgehead atoms. The first kappa shape index (κ1) is 12.4. The van der Waals surface area contributed by atoms with Gasteiger partial charge in [-0.25, -0.2) is 0 Å². The van der Waals surface area contributed by atoms with Gasteiger partial charge in [0.15, 0.2) is 0 Å². The van der Waals surface area contributed by atoms with Crippen molar-refractivity contribution in [1.29, 1.82) is 0 Å². The van der Waals surface area contributed by atoms with Gasteiger partial charge in [0.2, 0.25) is 0 Å². The Labute approximate surface area is 105 Å². The van der Waals surface area contributed by atoms with Crippen LogP contribution in [-0.4, -0.2) is 20.1 Å². The highest BCUT2D eigenvalue weighted by atomic mass is 15.1. The van der Waals surface area contributed by atoms with Crippen LogP contribution in [0.3, 0.4) is 0 Å². The number of nitrogens with one attached hydrogen (secondary N) is 1. The molecule has 1 N–H and O–H groups in total. The first-order valence-corrected chi connectivity index (χ1v) is 6.77. The van der Waals surface area contributed by atoms with Gasteiger partial charge in [-0.2, -0.15) is 0 Å². The molecular weight excluding hydrogens is 208 g/mol. The van der Waals surface area contributed by atoms with Crippen LogP contribution in [0.15, 0.2) is 24.3 Å². The van der Waals surface area contributed by atoms with E-state index in [1.54, 1.807) is 0 Å². The van der Waals surface area contributed by atoms with Gasteiger partial charge in [-0.15, -0.1) is 0 Å². The van der Waals surface area contributed by atoms with E-state index in [2.05, 4.69) is 48.5 Å². The lowest BCUT2D eigenvalue weighted by molar-refractivity contribution is 0.399. The highest BCUT2D eigenvalue weighted by molar-refractivity contribution is 5.55. The van der Waals surface area contributed by atoms with Crippen LogP contribution in [-0.2, 0) is 0 Å². The summed E-state index contributed by atoms with van der Waals surface area (Å²) in [6.45, 7) is 2.24. The van der Waals surface area contributed by atoms with E-state index in [9.17, 15) is 0 Å². The highest BCUT2D eigenvalue weighted by Crippen LogP contribution is 2.33. The summed E-state index contributed by atoms with van der Waals surface area (Å²) in [5, 5.41) is 3.41. The van der Waals surface area contributed by atoms with Crippen LogP contribution >= 0.6 is 0 Å². The van der Waals surface area contributed by atoms with Gasteiger partial charge in [0.25, 0.3) is 0 Å². The zero-order chi connectivity index (χ0) is 12.3. The van der Waals surface area contributed by atoms with Crippen molar-refractivity contribution in [3.63, 3.8) is 0 Å². The summed E-state index contributed by atoms with van der Waals surface area (Å²) < 4.78 is 0. The first-order valence-electron chi connectivity index (χ1n) is 6.77. The largest absolute Gasteiger partial charge is 0.371 e. The Morgan fingerprint density at radius 1 is 1.35 bits per heavy atom. The van der Waals surface area contributed by atoms with Crippen molar-refractivity contribution in [3.05, 3.63) is 29.8 Å². The standard InChI is InChI=1S/C15H24N2/c1-4-14(16-2)13-10-5-6-11-15(13)17(3)12-8-7-9-12/h5-6,10-12,14,16H,4,7-9H2,1-3H3. The van der Waals surface area contributed by atoms with E-state index < -0.39 is 0 Å². The summed E-state index contributed by atoms with van der Waals surface area (Å²) in [5.41, 5.74) is 2.84. The summed E-state index contributed by atoms with van der Waals surface area (Å²) in [5.74, 6) is 0. The van der Waals surface area contributed by atoms with E-state index in [1.807, 2.05) is 7.05 Å². The smallest absolute Gasteiger partial charge is 0.0414 e. The van der Waals surface area contributed by atoms with E-state index in [-0.39, 0.29) is 0 Å². The second-order valence-electron chi connectivity index (χ2n) is 5.00. The molecule has 1 aromatic rings. The van der Waals surface area contributed by atoms with Crippen LogP contribution in [0.1, 0.15) is 44.2 Å². The Balaban J connectivity index is 2.25. The predicted octanol–water partition coefficient (Wildman–Crippen LogP) is 3.35. The summed E-state index contributed by atoms with van der Waals surface area (Å²) in [6, 6.07) is 10.0. The summed E-state index contributed by atoms with van der Waals surface area (Å²) >= 11 is 0. The molecule has 0 saturated heterocycles. The molecule has 0 heterocycles. The molecule has 17 heavy (non-hydrogen) atoms. The molecule has 0 amide bonds. The second kappa shape index (κ2) is 5.54. The number of para-hydroxylation sites is 1. The van der Waals surface area contributed by atoms with Crippen molar-refractivity contribution >= 4 is 5.69 Å². The van der Waals surface area contributed by atoms with Crippen LogP contribution in [0.2, 0.25) is 0 Å². The average Bonchev–Trinajstić information content (AvgIpc) is 2.29. The van der Waals surface area contributed by atoms with Crippen molar-refractivity contribution in [2.75, 3.05) is 19.0 Å². The van der Waals surface area contributed by atoms with Crippen molar-refractivity contribution in [2.24, 2.45) is 0 Å². The molecule has 0 spiro atoms. The Morgan fingerprint density at radius 3 is 2.59 bits per heavy atom. The zero-order valence-corrected chi connectivity index (χ0v) is 11.2. The average molecular weight is 232 g/mol. The number of benzene rings is 1. The molecule has 0 aliphatic heterocycles. The molecule has 0 aromatic heterocycles. The normalized spacial score (nSPS) is 17.6. The molecule has 2 heteroatoms. The number of nitrogens with zero attached hydrogens (tertiary/aromatic N) is 1. The van der Waals surface area contributed by atoms with Crippen LogP contribution in [0.25, 0.3) is 0 Å². The molecule has 2 nitrogen and oxygen atoms in total. The molecule has 0 radical (unpaired) electrons. The molecule has 1 saturated carbocycles. The lowest BCUT2D eigenvalue weighted by Crippen LogP contribution is -2.38. The third-order valence-corrected chi connectivity index (χ3v) is 4.07. The van der Waals surface area contributed by atoms with Gasteiger partial charge in [-0.3, -0.25) is 0 Å². The summed E-state index contributed by atoms with van der Waals surface area (Å²) in [4.78, 5) is 2.47. The number of anilines is 1. The fourth-order valence-electron chi connectivity index (χ4n) is 2.65. The van der Waals surface area contributed by atoms with E-state index >= 15 is 0 Å². The van der Waals surface area contributed by atoms with Gasteiger partial charge >= 0.3 is 0 Å². The molecule has 94 valence electrons. The quantitative estimate of drug-likeness (QED) is 0.837. The molecule has 1 aliphatic carbocycles. The Hall–Kier alpha value is -1.02. The van der Waals surface area contributed by atoms with Crippen molar-refractivity contribution in [2.45, 2.75) is 44.7 Å². The lowest BCUT2D eigenvalue weighted by atomic mass is 9.90. The van der Waals surface area contributed by atoms with Crippen molar-refractivity contribution < 1.29 is 0 Å². The molecule has 1 aliphatic rings. The molecular formula is C15H24N2. The number of rotatable bonds is 5. The van der Waals surface area contributed by atoms with Crippen molar-refractivity contribution in [3.8, 4) is 0 Å². The Morgan fingerprint density at radius 2 is 2.06 bits per heavy atom. The van der Waals surface area contributed by atoms with Gasteiger partial charge in [0, 0.05) is 24.8 Å². The summed E-state index contributed by atoms with van der Waals surface area (Å²) in [7, 11) is 4.29. The molecule has 1 unspecified atom stereocenters. The minimum atomic E-state index is 0.466. The van der Waals surface area contributed by atoms with Gasteiger partial charge in [-0.05, 0) is 44.4 Å². The van der Waals surface area contributed by atoms with E-state index in [0.29, 0.717) is 6.04 Å². The van der Waals surface area contributed by atoms with E-state index in [0.717, 1.165) is 12.5 Å². The lowest BCUT2D eigenvalue weighted by Gasteiger charge is -2.38. The fraction of sp³-hybridized carbons (Fsp3) is 0.600. The van der Waals surface area contributed by atoms with Crippen LogP contribution < -0.4 is 10.2 Å². The Bertz CT molecular complexity index is 354. The monoisotopic (exact) mass is 232 g/mol. The maximum atomic E-state index is 3.41. The highest BCUT2D eigenvalue weighted by Gasteiger charge is 2.24. The van der Waals surface area contributed by atoms with Crippen LogP contribution in [0.4, 0.5) is 5.69 Å². The Kier molecular flexibility index (Phi) is 4.06. The van der Waals surface area contributed by atoms with Gasteiger partial charge in [0.1, 0.15) is 0 Å². The summed E-state index contributed by atoms with van der Waals surface area (Å²) in [6.07, 6.45) is 5.22. The number of hydrogen-bond acceptors (Lipinski definition) is 2. The first-order chi connectivity index (χ1) is 8.27. The second-order valence-corrected chi connectivity index (χ2v) is 5.00. The SMILES string of the molecule is CCC(NC)c1ccccc1N(C)C1CCC1. The maximum absolute atomic E-state index is 3.41. The molecule has 1 atom stereocenters. The van der Waals surface area contributed by atoms with E-state index in [1.165, 1.54) is 30.5 Å². The fourth-order valence-corrected chi connectivity index (χ4v) is 2.65. The molecule has 1 aromatic carbocycles. The topological polar surface area (TPSA) is 15.3 Å². The third-order valence-electron chi connectivity index (χ3n) is 4.07. The predicted molar refractivity (Wildman–Crippen MR) is 74.6 cm³/mol. The van der Waals surface area contributed by atoms with Gasteiger partial charge < -0.3 is 10.2 Å². The maximum Gasteiger partial charge on any atom is 0.0414 e. The van der Waals surface area contributed by atoms with Crippen LogP contribution in [0, 0.1) is 0 Å². The van der Waals surface area contributed by atoms with Crippen molar-refractivity contribution in [1.82, 2.24) is 5.32 Å². The molecule has 2 rings (SSSR count). The third kappa shape index (κ3) is 2.47. The minimum absolute atomic E-state index is 0.466. The van der Waals surface area contributed by atoms with Gasteiger partial charge in [-0.1, -0.05) is 25.1 Å². The van der Waals surface area contributed by atoms with Gasteiger partial charge in [0.05, 0.1) is 0 Å². The van der Waals surface area contributed by atoms with E-state index in [4.69, 9.17) is 0 Å². The molecule has 1 fully saturated rings.